The van der Waals surface area contributed by atoms with Crippen molar-refractivity contribution < 1.29 is 18.0 Å². The molecule has 2 rings (SSSR count). The van der Waals surface area contributed by atoms with E-state index in [0.717, 1.165) is 18.2 Å². The Labute approximate surface area is 121 Å². The highest BCUT2D eigenvalue weighted by atomic mass is 79.9. The Kier molecular flexibility index (Phi) is 4.39. The van der Waals surface area contributed by atoms with E-state index in [-0.39, 0.29) is 11.1 Å². The van der Waals surface area contributed by atoms with E-state index in [4.69, 9.17) is 0 Å². The van der Waals surface area contributed by atoms with Crippen LogP contribution in [-0.4, -0.2) is 5.78 Å². The number of hydrogen-bond acceptors (Lipinski definition) is 1. The highest BCUT2D eigenvalue weighted by molar-refractivity contribution is 9.10. The highest BCUT2D eigenvalue weighted by Crippen LogP contribution is 2.17. The third-order valence-electron chi connectivity index (χ3n) is 2.58. The third kappa shape index (κ3) is 3.36. The highest BCUT2D eigenvalue weighted by Gasteiger charge is 2.07. The van der Waals surface area contributed by atoms with Gasteiger partial charge in [0.2, 0.25) is 0 Å². The Morgan fingerprint density at radius 3 is 2.35 bits per heavy atom. The maximum absolute atomic E-state index is 13.5. The number of rotatable bonds is 3. The van der Waals surface area contributed by atoms with Crippen LogP contribution in [0.3, 0.4) is 0 Å². The molecule has 5 heteroatoms. The Hall–Kier alpha value is -1.88. The first-order valence-corrected chi connectivity index (χ1v) is 6.39. The molecule has 20 heavy (non-hydrogen) atoms. The minimum absolute atomic E-state index is 0.00216. The first kappa shape index (κ1) is 14.5. The van der Waals surface area contributed by atoms with Gasteiger partial charge in [0.25, 0.3) is 0 Å². The van der Waals surface area contributed by atoms with Crippen molar-refractivity contribution in [2.75, 3.05) is 0 Å². The van der Waals surface area contributed by atoms with E-state index >= 15 is 0 Å². The van der Waals surface area contributed by atoms with Crippen LogP contribution in [0.15, 0.2) is 46.9 Å². The van der Waals surface area contributed by atoms with E-state index < -0.39 is 23.2 Å². The average molecular weight is 341 g/mol. The molecule has 0 saturated heterocycles. The molecule has 1 nitrogen and oxygen atoms in total. The molecule has 2 aromatic rings. The summed E-state index contributed by atoms with van der Waals surface area (Å²) in [5, 5.41) is 0. The fraction of sp³-hybridized carbons (Fsp3) is 0. The van der Waals surface area contributed by atoms with Gasteiger partial charge in [0.05, 0.1) is 0 Å². The molecule has 0 saturated carbocycles. The van der Waals surface area contributed by atoms with Crippen molar-refractivity contribution in [3.05, 3.63) is 75.5 Å². The van der Waals surface area contributed by atoms with Crippen LogP contribution in [0.1, 0.15) is 15.9 Å². The molecule has 0 heterocycles. The fourth-order valence-corrected chi connectivity index (χ4v) is 1.88. The summed E-state index contributed by atoms with van der Waals surface area (Å²) in [5.41, 5.74) is 0.224. The number of carbonyl (C=O) groups is 1. The molecule has 0 fully saturated rings. The molecule has 2 aromatic carbocycles. The molecule has 0 N–H and O–H groups in total. The molecule has 0 bridgehead atoms. The van der Waals surface area contributed by atoms with Crippen molar-refractivity contribution in [3.63, 3.8) is 0 Å². The lowest BCUT2D eigenvalue weighted by Gasteiger charge is -1.99. The summed E-state index contributed by atoms with van der Waals surface area (Å²) in [6.07, 6.45) is 2.39. The topological polar surface area (TPSA) is 17.1 Å². The summed E-state index contributed by atoms with van der Waals surface area (Å²) in [4.78, 5) is 11.8. The zero-order valence-corrected chi connectivity index (χ0v) is 11.6. The fourth-order valence-electron chi connectivity index (χ4n) is 1.55. The van der Waals surface area contributed by atoms with Crippen LogP contribution in [-0.2, 0) is 0 Å². The average Bonchev–Trinajstić information content (AvgIpc) is 2.40. The summed E-state index contributed by atoms with van der Waals surface area (Å²) < 4.78 is 39.8. The first-order chi connectivity index (χ1) is 9.47. The van der Waals surface area contributed by atoms with Crippen LogP contribution in [0.25, 0.3) is 6.08 Å². The molecule has 0 aliphatic carbocycles. The van der Waals surface area contributed by atoms with E-state index in [2.05, 4.69) is 15.9 Å². The van der Waals surface area contributed by atoms with Crippen LogP contribution < -0.4 is 0 Å². The van der Waals surface area contributed by atoms with Gasteiger partial charge in [-0.1, -0.05) is 22.0 Å². The normalized spacial score (nSPS) is 11.0. The molecule has 0 unspecified atom stereocenters. The van der Waals surface area contributed by atoms with Gasteiger partial charge in [0, 0.05) is 15.6 Å². The van der Waals surface area contributed by atoms with Crippen molar-refractivity contribution in [2.45, 2.75) is 0 Å². The molecular formula is C15H8BrF3O. The van der Waals surface area contributed by atoms with Crippen molar-refractivity contribution >= 4 is 27.8 Å². The Morgan fingerprint density at radius 1 is 0.950 bits per heavy atom. The lowest BCUT2D eigenvalue weighted by atomic mass is 10.1. The Morgan fingerprint density at radius 2 is 1.70 bits per heavy atom. The second kappa shape index (κ2) is 6.05. The Bertz CT molecular complexity index is 696. The Balaban J connectivity index is 2.22. The van der Waals surface area contributed by atoms with E-state index in [1.807, 2.05) is 0 Å². The summed E-state index contributed by atoms with van der Waals surface area (Å²) in [5.74, 6) is -3.15. The van der Waals surface area contributed by atoms with Gasteiger partial charge in [-0.05, 0) is 42.5 Å². The summed E-state index contributed by atoms with van der Waals surface area (Å²) in [6.45, 7) is 0. The molecule has 0 atom stereocenters. The molecule has 0 spiro atoms. The van der Waals surface area contributed by atoms with Crippen molar-refractivity contribution in [1.29, 1.82) is 0 Å². The van der Waals surface area contributed by atoms with Gasteiger partial charge in [-0.3, -0.25) is 4.79 Å². The van der Waals surface area contributed by atoms with E-state index in [9.17, 15) is 18.0 Å². The maximum atomic E-state index is 13.5. The van der Waals surface area contributed by atoms with Crippen LogP contribution in [0.2, 0.25) is 0 Å². The van der Waals surface area contributed by atoms with Gasteiger partial charge >= 0.3 is 0 Å². The summed E-state index contributed by atoms with van der Waals surface area (Å²) in [7, 11) is 0. The second-order valence-corrected chi connectivity index (χ2v) is 4.91. The van der Waals surface area contributed by atoms with Gasteiger partial charge in [-0.25, -0.2) is 13.2 Å². The van der Waals surface area contributed by atoms with Crippen molar-refractivity contribution in [2.24, 2.45) is 0 Å². The van der Waals surface area contributed by atoms with Gasteiger partial charge in [0.15, 0.2) is 17.4 Å². The zero-order chi connectivity index (χ0) is 14.7. The maximum Gasteiger partial charge on any atom is 0.185 e. The molecule has 102 valence electrons. The lowest BCUT2D eigenvalue weighted by Crippen LogP contribution is -1.96. The molecule has 0 aliphatic heterocycles. The van der Waals surface area contributed by atoms with Gasteiger partial charge in [-0.15, -0.1) is 0 Å². The van der Waals surface area contributed by atoms with Crippen molar-refractivity contribution in [3.8, 4) is 0 Å². The van der Waals surface area contributed by atoms with Gasteiger partial charge in [-0.2, -0.15) is 0 Å². The predicted octanol–water partition coefficient (Wildman–Crippen LogP) is 4.76. The summed E-state index contributed by atoms with van der Waals surface area (Å²) >= 11 is 3.12. The first-order valence-electron chi connectivity index (χ1n) is 5.60. The third-order valence-corrected chi connectivity index (χ3v) is 3.07. The molecular weight excluding hydrogens is 333 g/mol. The molecule has 0 aromatic heterocycles. The molecule has 0 aliphatic rings. The van der Waals surface area contributed by atoms with E-state index in [1.54, 1.807) is 6.07 Å². The number of benzene rings is 2. The van der Waals surface area contributed by atoms with Crippen LogP contribution in [0, 0.1) is 17.5 Å². The van der Waals surface area contributed by atoms with Crippen LogP contribution in [0.5, 0.6) is 0 Å². The van der Waals surface area contributed by atoms with Gasteiger partial charge in [0.1, 0.15) is 5.82 Å². The smallest absolute Gasteiger partial charge is 0.185 e. The van der Waals surface area contributed by atoms with E-state index in [1.165, 1.54) is 24.3 Å². The van der Waals surface area contributed by atoms with Crippen LogP contribution in [0.4, 0.5) is 13.2 Å². The summed E-state index contributed by atoms with van der Waals surface area (Å²) in [6, 6.07) is 7.24. The standard InChI is InChI=1S/C15H8BrF3O/c16-11-4-1-9(13(18)8-11)3-6-15(20)10-2-5-12(17)14(19)7-10/h1-8H/b6-3+. The number of ketones is 1. The quantitative estimate of drug-likeness (QED) is 0.581. The molecule has 0 radical (unpaired) electrons. The van der Waals surface area contributed by atoms with Gasteiger partial charge < -0.3 is 0 Å². The number of allylic oxidation sites excluding steroid dienone is 1. The van der Waals surface area contributed by atoms with E-state index in [0.29, 0.717) is 4.47 Å². The number of hydrogen-bond donors (Lipinski definition) is 0. The SMILES string of the molecule is O=C(/C=C/c1ccc(Br)cc1F)c1ccc(F)c(F)c1. The molecule has 0 amide bonds. The predicted molar refractivity (Wildman–Crippen MR) is 73.8 cm³/mol. The minimum atomic E-state index is -1.10. The van der Waals surface area contributed by atoms with Crippen molar-refractivity contribution in [1.82, 2.24) is 0 Å². The lowest BCUT2D eigenvalue weighted by molar-refractivity contribution is 0.104. The zero-order valence-electron chi connectivity index (χ0n) is 10.0. The number of carbonyl (C=O) groups excluding carboxylic acids is 1. The minimum Gasteiger partial charge on any atom is -0.289 e. The second-order valence-electron chi connectivity index (χ2n) is 3.99. The van der Waals surface area contributed by atoms with Crippen LogP contribution >= 0.6 is 15.9 Å². The number of halogens is 4. The monoisotopic (exact) mass is 340 g/mol. The largest absolute Gasteiger partial charge is 0.289 e.